The summed E-state index contributed by atoms with van der Waals surface area (Å²) in [5, 5.41) is 9.02. The first-order valence-corrected chi connectivity index (χ1v) is 11.2. The van der Waals surface area contributed by atoms with Crippen molar-refractivity contribution in [1.29, 1.82) is 0 Å². The van der Waals surface area contributed by atoms with Crippen molar-refractivity contribution in [3.05, 3.63) is 82.3 Å². The summed E-state index contributed by atoms with van der Waals surface area (Å²) in [5.74, 6) is -0.927. The van der Waals surface area contributed by atoms with Crippen LogP contribution in [0.4, 0.5) is 11.4 Å². The SMILES string of the molecule is COc1ccc(NC(=O)C(=O)N/N=C\c2ccc(OCC(=O)Nc3ccc(Br)c(C)c3)cc2)cc1. The largest absolute Gasteiger partial charge is 0.497 e. The smallest absolute Gasteiger partial charge is 0.329 e. The summed E-state index contributed by atoms with van der Waals surface area (Å²) in [4.78, 5) is 36.0. The number of methoxy groups -OCH3 is 1. The van der Waals surface area contributed by atoms with Crippen molar-refractivity contribution >= 4 is 51.2 Å². The van der Waals surface area contributed by atoms with Gasteiger partial charge in [-0.3, -0.25) is 14.4 Å². The third kappa shape index (κ3) is 7.97. The minimum absolute atomic E-state index is 0.151. The third-order valence-corrected chi connectivity index (χ3v) is 5.52. The molecule has 0 bridgehead atoms. The Labute approximate surface area is 210 Å². The molecule has 0 aliphatic heterocycles. The number of aryl methyl sites for hydroxylation is 1. The Morgan fingerprint density at radius 1 is 0.886 bits per heavy atom. The third-order valence-electron chi connectivity index (χ3n) is 4.63. The molecule has 0 aromatic heterocycles. The number of ether oxygens (including phenoxy) is 2. The molecule has 35 heavy (non-hydrogen) atoms. The van der Waals surface area contributed by atoms with Gasteiger partial charge in [-0.15, -0.1) is 0 Å². The number of halogens is 1. The molecule has 0 saturated carbocycles. The van der Waals surface area contributed by atoms with Crippen LogP contribution in [0, 0.1) is 6.92 Å². The first-order chi connectivity index (χ1) is 16.8. The summed E-state index contributed by atoms with van der Waals surface area (Å²) in [6.45, 7) is 1.78. The average molecular weight is 539 g/mol. The molecular formula is C25H23BrN4O5. The van der Waals surface area contributed by atoms with Crippen molar-refractivity contribution in [1.82, 2.24) is 5.43 Å². The number of amides is 3. The van der Waals surface area contributed by atoms with Gasteiger partial charge >= 0.3 is 11.8 Å². The average Bonchev–Trinajstić information content (AvgIpc) is 2.86. The summed E-state index contributed by atoms with van der Waals surface area (Å²) in [5.41, 5.74) is 4.97. The summed E-state index contributed by atoms with van der Waals surface area (Å²) >= 11 is 3.42. The van der Waals surface area contributed by atoms with Crippen LogP contribution in [0.1, 0.15) is 11.1 Å². The number of carbonyl (C=O) groups excluding carboxylic acids is 3. The molecule has 0 aliphatic rings. The van der Waals surface area contributed by atoms with Crippen LogP contribution in [0.5, 0.6) is 11.5 Å². The Morgan fingerprint density at radius 3 is 2.20 bits per heavy atom. The van der Waals surface area contributed by atoms with Crippen molar-refractivity contribution in [3.8, 4) is 11.5 Å². The molecule has 0 heterocycles. The summed E-state index contributed by atoms with van der Waals surface area (Å²) in [6.07, 6.45) is 1.38. The fourth-order valence-corrected chi connectivity index (χ4v) is 3.04. The van der Waals surface area contributed by atoms with Crippen LogP contribution in [0.25, 0.3) is 0 Å². The van der Waals surface area contributed by atoms with Crippen LogP contribution in [-0.4, -0.2) is 37.7 Å². The minimum atomic E-state index is -0.913. The number of nitrogens with zero attached hydrogens (tertiary/aromatic N) is 1. The van der Waals surface area contributed by atoms with E-state index in [0.29, 0.717) is 28.4 Å². The molecule has 0 atom stereocenters. The molecule has 180 valence electrons. The fraction of sp³-hybridized carbons (Fsp3) is 0.120. The van der Waals surface area contributed by atoms with Crippen LogP contribution in [-0.2, 0) is 14.4 Å². The maximum Gasteiger partial charge on any atom is 0.329 e. The molecule has 10 heteroatoms. The second kappa shape index (κ2) is 12.3. The molecule has 3 amide bonds. The van der Waals surface area contributed by atoms with Gasteiger partial charge in [0.05, 0.1) is 13.3 Å². The highest BCUT2D eigenvalue weighted by Gasteiger charge is 2.12. The molecule has 3 N–H and O–H groups in total. The maximum absolute atomic E-state index is 12.1. The topological polar surface area (TPSA) is 118 Å². The van der Waals surface area contributed by atoms with Crippen molar-refractivity contribution in [3.63, 3.8) is 0 Å². The Hall–Kier alpha value is -4.18. The van der Waals surface area contributed by atoms with E-state index in [1.807, 2.05) is 19.1 Å². The molecule has 3 rings (SSSR count). The van der Waals surface area contributed by atoms with Gasteiger partial charge in [-0.05, 0) is 84.8 Å². The number of carbonyl (C=O) groups is 3. The lowest BCUT2D eigenvalue weighted by Crippen LogP contribution is -2.32. The Kier molecular flexibility index (Phi) is 8.96. The molecule has 9 nitrogen and oxygen atoms in total. The van der Waals surface area contributed by atoms with Crippen molar-refractivity contribution < 1.29 is 23.9 Å². The molecule has 0 aliphatic carbocycles. The monoisotopic (exact) mass is 538 g/mol. The molecule has 0 radical (unpaired) electrons. The molecule has 0 saturated heterocycles. The highest BCUT2D eigenvalue weighted by atomic mass is 79.9. The van der Waals surface area contributed by atoms with Gasteiger partial charge in [0.15, 0.2) is 6.61 Å². The first-order valence-electron chi connectivity index (χ1n) is 10.4. The Bertz CT molecular complexity index is 1230. The standard InChI is InChI=1S/C25H23BrN4O5/c1-16-13-19(7-12-22(16)26)28-23(31)15-35-21-8-3-17(4-9-21)14-27-30-25(33)24(32)29-18-5-10-20(34-2)11-6-18/h3-14H,15H2,1-2H3,(H,28,31)(H,29,32)(H,30,33)/b27-14-. The first kappa shape index (κ1) is 25.4. The zero-order chi connectivity index (χ0) is 25.2. The number of nitrogens with one attached hydrogen (secondary N) is 3. The van der Waals surface area contributed by atoms with Gasteiger partial charge < -0.3 is 20.1 Å². The second-order valence-electron chi connectivity index (χ2n) is 7.25. The van der Waals surface area contributed by atoms with E-state index in [9.17, 15) is 14.4 Å². The zero-order valence-electron chi connectivity index (χ0n) is 19.0. The van der Waals surface area contributed by atoms with Crippen LogP contribution >= 0.6 is 15.9 Å². The number of rotatable bonds is 8. The molecule has 0 fully saturated rings. The van der Waals surface area contributed by atoms with Gasteiger partial charge in [-0.25, -0.2) is 5.43 Å². The van der Waals surface area contributed by atoms with Crippen molar-refractivity contribution in [2.45, 2.75) is 6.92 Å². The molecular weight excluding hydrogens is 516 g/mol. The fourth-order valence-electron chi connectivity index (χ4n) is 2.80. The lowest BCUT2D eigenvalue weighted by molar-refractivity contribution is -0.136. The molecule has 3 aromatic rings. The molecule has 0 spiro atoms. The zero-order valence-corrected chi connectivity index (χ0v) is 20.6. The predicted molar refractivity (Wildman–Crippen MR) is 137 cm³/mol. The van der Waals surface area contributed by atoms with Crippen LogP contribution in [0.3, 0.4) is 0 Å². The highest BCUT2D eigenvalue weighted by Crippen LogP contribution is 2.20. The van der Waals surface area contributed by atoms with E-state index in [2.05, 4.69) is 37.1 Å². The van der Waals surface area contributed by atoms with Crippen molar-refractivity contribution in [2.75, 3.05) is 24.4 Å². The van der Waals surface area contributed by atoms with E-state index in [1.54, 1.807) is 54.6 Å². The normalized spacial score (nSPS) is 10.5. The minimum Gasteiger partial charge on any atom is -0.497 e. The number of hydrazone groups is 1. The van der Waals surface area contributed by atoms with Crippen LogP contribution in [0.15, 0.2) is 76.3 Å². The van der Waals surface area contributed by atoms with E-state index in [4.69, 9.17) is 9.47 Å². The number of anilines is 2. The predicted octanol–water partition coefficient (Wildman–Crippen LogP) is 3.87. The van der Waals surface area contributed by atoms with E-state index < -0.39 is 11.8 Å². The maximum atomic E-state index is 12.1. The van der Waals surface area contributed by atoms with Gasteiger partial charge in [0, 0.05) is 15.8 Å². The van der Waals surface area contributed by atoms with Gasteiger partial charge in [0.2, 0.25) is 0 Å². The van der Waals surface area contributed by atoms with E-state index >= 15 is 0 Å². The van der Waals surface area contributed by atoms with Crippen LogP contribution < -0.4 is 25.5 Å². The quantitative estimate of drug-likeness (QED) is 0.228. The second-order valence-corrected chi connectivity index (χ2v) is 8.11. The highest BCUT2D eigenvalue weighted by molar-refractivity contribution is 9.10. The molecule has 0 unspecified atom stereocenters. The number of hydrogen-bond donors (Lipinski definition) is 3. The van der Waals surface area contributed by atoms with Gasteiger partial charge in [-0.1, -0.05) is 15.9 Å². The lowest BCUT2D eigenvalue weighted by atomic mass is 10.2. The lowest BCUT2D eigenvalue weighted by Gasteiger charge is -2.09. The van der Waals surface area contributed by atoms with Crippen LogP contribution in [0.2, 0.25) is 0 Å². The number of hydrogen-bond acceptors (Lipinski definition) is 6. The van der Waals surface area contributed by atoms with E-state index in [1.165, 1.54) is 13.3 Å². The van der Waals surface area contributed by atoms with Gasteiger partial charge in [0.1, 0.15) is 11.5 Å². The summed E-state index contributed by atoms with van der Waals surface area (Å²) in [6, 6.07) is 18.8. The van der Waals surface area contributed by atoms with Gasteiger partial charge in [0.25, 0.3) is 5.91 Å². The summed E-state index contributed by atoms with van der Waals surface area (Å²) < 4.78 is 11.5. The summed E-state index contributed by atoms with van der Waals surface area (Å²) in [7, 11) is 1.53. The van der Waals surface area contributed by atoms with Crippen molar-refractivity contribution in [2.24, 2.45) is 5.10 Å². The van der Waals surface area contributed by atoms with Gasteiger partial charge in [-0.2, -0.15) is 5.10 Å². The van der Waals surface area contributed by atoms with E-state index in [-0.39, 0.29) is 12.5 Å². The molecule has 3 aromatic carbocycles. The Balaban J connectivity index is 1.42. The Morgan fingerprint density at radius 2 is 1.54 bits per heavy atom. The van der Waals surface area contributed by atoms with E-state index in [0.717, 1.165) is 10.0 Å². The number of benzene rings is 3.